The monoisotopic (exact) mass is 407 g/mol. The molecule has 2 rings (SSSR count). The second kappa shape index (κ2) is 9.26. The minimum atomic E-state index is -1.20. The summed E-state index contributed by atoms with van der Waals surface area (Å²) in [4.78, 5) is 38.3. The summed E-state index contributed by atoms with van der Waals surface area (Å²) in [6.07, 6.45) is -0.547. The molecule has 2 atom stereocenters. The topological polar surface area (TPSA) is 91.4 Å². The first-order valence-electron chi connectivity index (χ1n) is 9.49. The average molecular weight is 407 g/mol. The van der Waals surface area contributed by atoms with Crippen LogP contribution in [0.2, 0.25) is 0 Å². The van der Waals surface area contributed by atoms with Crippen molar-refractivity contribution in [3.63, 3.8) is 0 Å². The second-order valence-corrected chi connectivity index (χ2v) is 8.02. The number of hydrogen-bond donors (Lipinski definition) is 0. The van der Waals surface area contributed by atoms with Crippen LogP contribution in [0.1, 0.15) is 46.1 Å². The first-order chi connectivity index (χ1) is 13.6. The van der Waals surface area contributed by atoms with Crippen LogP contribution in [0.4, 0.5) is 4.79 Å². The van der Waals surface area contributed by atoms with Crippen LogP contribution < -0.4 is 0 Å². The summed E-state index contributed by atoms with van der Waals surface area (Å²) in [6, 6.07) is 8.39. The third-order valence-corrected chi connectivity index (χ3v) is 4.47. The molecule has 8 nitrogen and oxygen atoms in total. The van der Waals surface area contributed by atoms with E-state index >= 15 is 0 Å². The van der Waals surface area contributed by atoms with Gasteiger partial charge in [0.05, 0.1) is 20.1 Å². The van der Waals surface area contributed by atoms with Crippen LogP contribution in [0.3, 0.4) is 0 Å². The van der Waals surface area contributed by atoms with Crippen LogP contribution in [0.25, 0.3) is 0 Å². The molecular weight excluding hydrogens is 378 g/mol. The van der Waals surface area contributed by atoms with E-state index < -0.39 is 35.4 Å². The Morgan fingerprint density at radius 3 is 2.45 bits per heavy atom. The predicted octanol–water partition coefficient (Wildman–Crippen LogP) is 3.04. The lowest BCUT2D eigenvalue weighted by Crippen LogP contribution is -2.54. The molecule has 0 radical (unpaired) electrons. The quantitative estimate of drug-likeness (QED) is 0.529. The molecule has 0 bridgehead atoms. The van der Waals surface area contributed by atoms with Crippen molar-refractivity contribution in [1.82, 2.24) is 4.90 Å². The zero-order chi connectivity index (χ0) is 21.7. The lowest BCUT2D eigenvalue weighted by molar-refractivity contribution is -0.149. The number of esters is 2. The first kappa shape index (κ1) is 22.7. The largest absolute Gasteiger partial charge is 0.467 e. The summed E-state index contributed by atoms with van der Waals surface area (Å²) < 4.78 is 21.3. The van der Waals surface area contributed by atoms with Gasteiger partial charge in [0.25, 0.3) is 0 Å². The molecular formula is C21H29NO7. The van der Waals surface area contributed by atoms with Gasteiger partial charge in [0.2, 0.25) is 0 Å². The number of nitrogens with zero attached hydrogens (tertiary/aromatic N) is 1. The van der Waals surface area contributed by atoms with Gasteiger partial charge in [0, 0.05) is 6.42 Å². The third kappa shape index (κ3) is 6.19. The molecule has 1 amide bonds. The lowest BCUT2D eigenvalue weighted by atomic mass is 10.1. The van der Waals surface area contributed by atoms with Crippen molar-refractivity contribution < 1.29 is 33.3 Å². The van der Waals surface area contributed by atoms with Crippen LogP contribution >= 0.6 is 0 Å². The zero-order valence-electron chi connectivity index (χ0n) is 17.6. The molecule has 1 aromatic rings. The summed E-state index contributed by atoms with van der Waals surface area (Å²) in [6.45, 7) is 6.96. The number of amides is 1. The van der Waals surface area contributed by atoms with Gasteiger partial charge in [0.1, 0.15) is 17.9 Å². The number of methoxy groups -OCH3 is 1. The molecule has 0 aromatic heterocycles. The first-order valence-corrected chi connectivity index (χ1v) is 9.49. The van der Waals surface area contributed by atoms with E-state index in [4.69, 9.17) is 18.9 Å². The van der Waals surface area contributed by atoms with E-state index in [9.17, 15) is 14.4 Å². The number of benzene rings is 1. The highest BCUT2D eigenvalue weighted by Gasteiger charge is 2.52. The van der Waals surface area contributed by atoms with Crippen molar-refractivity contribution in [2.24, 2.45) is 0 Å². The molecule has 1 aliphatic rings. The molecule has 1 unspecified atom stereocenters. The molecule has 0 saturated carbocycles. The SMILES string of the molecule is COC(=O)[C@@H]1COC(C)(CCC(=O)OCc2ccccc2)N1C(=O)OC(C)(C)C. The van der Waals surface area contributed by atoms with Crippen LogP contribution in [0, 0.1) is 0 Å². The number of ether oxygens (including phenoxy) is 4. The molecule has 1 fully saturated rings. The molecule has 0 N–H and O–H groups in total. The fourth-order valence-electron chi connectivity index (χ4n) is 3.01. The van der Waals surface area contributed by atoms with Gasteiger partial charge >= 0.3 is 18.0 Å². The normalized spacial score (nSPS) is 21.6. The zero-order valence-corrected chi connectivity index (χ0v) is 17.6. The minimum Gasteiger partial charge on any atom is -0.467 e. The standard InChI is InChI=1S/C21H29NO7/c1-20(2,3)29-19(25)22-16(18(24)26-5)14-28-21(22,4)12-11-17(23)27-13-15-9-7-6-8-10-15/h6-10,16H,11-14H2,1-5H3/t16-,21?/m0/s1. The van der Waals surface area contributed by atoms with Crippen molar-refractivity contribution in [1.29, 1.82) is 0 Å². The van der Waals surface area contributed by atoms with Gasteiger partial charge in [-0.2, -0.15) is 0 Å². The Hall–Kier alpha value is -2.61. The van der Waals surface area contributed by atoms with Gasteiger partial charge in [-0.3, -0.25) is 9.69 Å². The Morgan fingerprint density at radius 1 is 1.21 bits per heavy atom. The molecule has 1 heterocycles. The average Bonchev–Trinajstić information content (AvgIpc) is 3.01. The third-order valence-electron chi connectivity index (χ3n) is 4.47. The van der Waals surface area contributed by atoms with E-state index in [-0.39, 0.29) is 26.1 Å². The van der Waals surface area contributed by atoms with Crippen LogP contribution in [0.15, 0.2) is 30.3 Å². The smallest absolute Gasteiger partial charge is 0.413 e. The van der Waals surface area contributed by atoms with Crippen molar-refractivity contribution >= 4 is 18.0 Å². The number of hydrogen-bond acceptors (Lipinski definition) is 7. The van der Waals surface area contributed by atoms with E-state index in [2.05, 4.69) is 0 Å². The molecule has 1 saturated heterocycles. The number of carbonyl (C=O) groups is 3. The maximum Gasteiger partial charge on any atom is 0.413 e. The Balaban J connectivity index is 2.04. The van der Waals surface area contributed by atoms with Gasteiger partial charge in [0.15, 0.2) is 6.04 Å². The predicted molar refractivity (Wildman–Crippen MR) is 104 cm³/mol. The molecule has 0 spiro atoms. The minimum absolute atomic E-state index is 0.0104. The fourth-order valence-corrected chi connectivity index (χ4v) is 3.01. The molecule has 8 heteroatoms. The van der Waals surface area contributed by atoms with E-state index in [0.717, 1.165) is 5.56 Å². The molecule has 1 aromatic carbocycles. The highest BCUT2D eigenvalue weighted by molar-refractivity contribution is 5.83. The summed E-state index contributed by atoms with van der Waals surface area (Å²) in [5.74, 6) is -1.03. The Kier molecular flexibility index (Phi) is 7.24. The Labute approximate surface area is 171 Å². The van der Waals surface area contributed by atoms with Gasteiger partial charge in [-0.1, -0.05) is 30.3 Å². The summed E-state index contributed by atoms with van der Waals surface area (Å²) in [7, 11) is 1.24. The second-order valence-electron chi connectivity index (χ2n) is 8.02. The van der Waals surface area contributed by atoms with Crippen LogP contribution in [-0.2, 0) is 35.1 Å². The van der Waals surface area contributed by atoms with Crippen molar-refractivity contribution in [3.8, 4) is 0 Å². The van der Waals surface area contributed by atoms with E-state index in [1.54, 1.807) is 27.7 Å². The fraction of sp³-hybridized carbons (Fsp3) is 0.571. The van der Waals surface area contributed by atoms with Gasteiger partial charge in [-0.15, -0.1) is 0 Å². The summed E-state index contributed by atoms with van der Waals surface area (Å²) >= 11 is 0. The van der Waals surface area contributed by atoms with Crippen molar-refractivity contribution in [2.45, 2.75) is 64.5 Å². The number of rotatable bonds is 6. The van der Waals surface area contributed by atoms with Gasteiger partial charge < -0.3 is 18.9 Å². The van der Waals surface area contributed by atoms with E-state index in [1.165, 1.54) is 12.0 Å². The molecule has 29 heavy (non-hydrogen) atoms. The Bertz CT molecular complexity index is 728. The molecule has 0 aliphatic carbocycles. The summed E-state index contributed by atoms with van der Waals surface area (Å²) in [5.41, 5.74) is -1.08. The molecule has 160 valence electrons. The van der Waals surface area contributed by atoms with Crippen LogP contribution in [0.5, 0.6) is 0 Å². The van der Waals surface area contributed by atoms with E-state index in [1.807, 2.05) is 30.3 Å². The number of carbonyl (C=O) groups excluding carboxylic acids is 3. The van der Waals surface area contributed by atoms with Crippen molar-refractivity contribution in [2.75, 3.05) is 13.7 Å². The highest BCUT2D eigenvalue weighted by Crippen LogP contribution is 2.34. The van der Waals surface area contributed by atoms with E-state index in [0.29, 0.717) is 0 Å². The van der Waals surface area contributed by atoms with Gasteiger partial charge in [-0.25, -0.2) is 9.59 Å². The maximum absolute atomic E-state index is 12.8. The Morgan fingerprint density at radius 2 is 1.86 bits per heavy atom. The van der Waals surface area contributed by atoms with Crippen molar-refractivity contribution in [3.05, 3.63) is 35.9 Å². The van der Waals surface area contributed by atoms with Crippen LogP contribution in [-0.4, -0.2) is 54.0 Å². The molecule has 1 aliphatic heterocycles. The van der Waals surface area contributed by atoms with Gasteiger partial charge in [-0.05, 0) is 33.3 Å². The highest BCUT2D eigenvalue weighted by atomic mass is 16.6. The lowest BCUT2D eigenvalue weighted by Gasteiger charge is -2.36. The maximum atomic E-state index is 12.8. The summed E-state index contributed by atoms with van der Waals surface area (Å²) in [5, 5.41) is 0.